The topological polar surface area (TPSA) is 51.0 Å². The Kier molecular flexibility index (Phi) is 1.91. The number of hydrogen-bond acceptors (Lipinski definition) is 4. The minimum Gasteiger partial charge on any atom is -0.403 e. The lowest BCUT2D eigenvalue weighted by molar-refractivity contribution is 0.580. The SMILES string of the molecule is c1ccc(-c2nnc(NC3CC3)o2)cc1. The van der Waals surface area contributed by atoms with Crippen LogP contribution in [0.1, 0.15) is 12.8 Å². The molecule has 0 atom stereocenters. The van der Waals surface area contributed by atoms with Gasteiger partial charge in [-0.2, -0.15) is 0 Å². The molecule has 1 heterocycles. The molecule has 3 rings (SSSR count). The molecule has 0 radical (unpaired) electrons. The van der Waals surface area contributed by atoms with Crippen molar-refractivity contribution in [1.29, 1.82) is 0 Å². The molecule has 0 bridgehead atoms. The van der Waals surface area contributed by atoms with Crippen LogP contribution in [0, 0.1) is 0 Å². The Balaban J connectivity index is 1.83. The van der Waals surface area contributed by atoms with Gasteiger partial charge in [-0.15, -0.1) is 5.10 Å². The van der Waals surface area contributed by atoms with Crippen molar-refractivity contribution >= 4 is 6.01 Å². The van der Waals surface area contributed by atoms with E-state index in [0.717, 1.165) is 5.56 Å². The highest BCUT2D eigenvalue weighted by molar-refractivity contribution is 5.52. The van der Waals surface area contributed by atoms with Crippen molar-refractivity contribution in [3.05, 3.63) is 30.3 Å². The van der Waals surface area contributed by atoms with Gasteiger partial charge in [0, 0.05) is 11.6 Å². The van der Waals surface area contributed by atoms with Gasteiger partial charge in [0.15, 0.2) is 0 Å². The minimum absolute atomic E-state index is 0.524. The third-order valence-electron chi connectivity index (χ3n) is 2.35. The van der Waals surface area contributed by atoms with Crippen molar-refractivity contribution in [2.24, 2.45) is 0 Å². The van der Waals surface area contributed by atoms with Crippen molar-refractivity contribution in [1.82, 2.24) is 10.2 Å². The van der Waals surface area contributed by atoms with E-state index in [2.05, 4.69) is 15.5 Å². The summed E-state index contributed by atoms with van der Waals surface area (Å²) >= 11 is 0. The Morgan fingerprint density at radius 3 is 2.67 bits per heavy atom. The van der Waals surface area contributed by atoms with E-state index in [0.29, 0.717) is 17.9 Å². The quantitative estimate of drug-likeness (QED) is 0.827. The predicted molar refractivity (Wildman–Crippen MR) is 56.4 cm³/mol. The molecule has 4 heteroatoms. The van der Waals surface area contributed by atoms with Crippen molar-refractivity contribution in [3.8, 4) is 11.5 Å². The van der Waals surface area contributed by atoms with Crippen LogP contribution in [0.5, 0.6) is 0 Å². The van der Waals surface area contributed by atoms with E-state index in [1.807, 2.05) is 30.3 Å². The van der Waals surface area contributed by atoms with Gasteiger partial charge >= 0.3 is 6.01 Å². The Morgan fingerprint density at radius 1 is 1.13 bits per heavy atom. The van der Waals surface area contributed by atoms with E-state index in [-0.39, 0.29) is 0 Å². The number of nitrogens with zero attached hydrogens (tertiary/aromatic N) is 2. The second kappa shape index (κ2) is 3.38. The summed E-state index contributed by atoms with van der Waals surface area (Å²) in [6.45, 7) is 0. The summed E-state index contributed by atoms with van der Waals surface area (Å²) in [7, 11) is 0. The lowest BCUT2D eigenvalue weighted by atomic mass is 10.2. The first-order valence-electron chi connectivity index (χ1n) is 5.07. The van der Waals surface area contributed by atoms with Crippen LogP contribution in [-0.2, 0) is 0 Å². The largest absolute Gasteiger partial charge is 0.403 e. The van der Waals surface area contributed by atoms with Crippen LogP contribution < -0.4 is 5.32 Å². The molecule has 1 aromatic heterocycles. The fraction of sp³-hybridized carbons (Fsp3) is 0.273. The van der Waals surface area contributed by atoms with E-state index in [1.165, 1.54) is 12.8 Å². The van der Waals surface area contributed by atoms with Gasteiger partial charge < -0.3 is 9.73 Å². The molecular weight excluding hydrogens is 190 g/mol. The van der Waals surface area contributed by atoms with Crippen LogP contribution in [-0.4, -0.2) is 16.2 Å². The van der Waals surface area contributed by atoms with E-state index in [4.69, 9.17) is 4.42 Å². The molecule has 1 saturated carbocycles. The third-order valence-corrected chi connectivity index (χ3v) is 2.35. The highest BCUT2D eigenvalue weighted by Crippen LogP contribution is 2.25. The Morgan fingerprint density at radius 2 is 1.93 bits per heavy atom. The lowest BCUT2D eigenvalue weighted by Gasteiger charge is -1.94. The second-order valence-corrected chi connectivity index (χ2v) is 3.70. The normalized spacial score (nSPS) is 15.2. The number of aromatic nitrogens is 2. The van der Waals surface area contributed by atoms with Crippen LogP contribution >= 0.6 is 0 Å². The summed E-state index contributed by atoms with van der Waals surface area (Å²) < 4.78 is 5.49. The van der Waals surface area contributed by atoms with Gasteiger partial charge in [-0.3, -0.25) is 0 Å². The molecule has 0 unspecified atom stereocenters. The van der Waals surface area contributed by atoms with E-state index in [1.54, 1.807) is 0 Å². The first-order chi connectivity index (χ1) is 7.42. The average Bonchev–Trinajstić information content (AvgIpc) is 2.96. The van der Waals surface area contributed by atoms with Gasteiger partial charge in [-0.25, -0.2) is 0 Å². The van der Waals surface area contributed by atoms with Gasteiger partial charge in [0.2, 0.25) is 5.89 Å². The third kappa shape index (κ3) is 1.83. The molecule has 2 aromatic rings. The van der Waals surface area contributed by atoms with Gasteiger partial charge in [-0.1, -0.05) is 23.3 Å². The monoisotopic (exact) mass is 201 g/mol. The number of anilines is 1. The summed E-state index contributed by atoms with van der Waals surface area (Å²) in [5.41, 5.74) is 0.953. The lowest BCUT2D eigenvalue weighted by Crippen LogP contribution is -2.00. The zero-order valence-corrected chi connectivity index (χ0v) is 8.18. The van der Waals surface area contributed by atoms with E-state index in [9.17, 15) is 0 Å². The molecule has 0 aliphatic heterocycles. The zero-order valence-electron chi connectivity index (χ0n) is 8.18. The minimum atomic E-state index is 0.524. The summed E-state index contributed by atoms with van der Waals surface area (Å²) in [6.07, 6.45) is 2.39. The highest BCUT2D eigenvalue weighted by Gasteiger charge is 2.23. The molecule has 0 saturated heterocycles. The number of nitrogens with one attached hydrogen (secondary N) is 1. The van der Waals surface area contributed by atoms with Crippen molar-refractivity contribution in [3.63, 3.8) is 0 Å². The Bertz CT molecular complexity index is 448. The van der Waals surface area contributed by atoms with Crippen LogP contribution in [0.4, 0.5) is 6.01 Å². The summed E-state index contributed by atoms with van der Waals surface area (Å²) in [4.78, 5) is 0. The zero-order chi connectivity index (χ0) is 10.1. The summed E-state index contributed by atoms with van der Waals surface area (Å²) in [5.74, 6) is 0.568. The highest BCUT2D eigenvalue weighted by atomic mass is 16.4. The van der Waals surface area contributed by atoms with Gasteiger partial charge in [-0.05, 0) is 25.0 Å². The predicted octanol–water partition coefficient (Wildman–Crippen LogP) is 2.31. The second-order valence-electron chi connectivity index (χ2n) is 3.70. The number of rotatable bonds is 3. The first kappa shape index (κ1) is 8.47. The molecule has 1 aliphatic carbocycles. The van der Waals surface area contributed by atoms with Gasteiger partial charge in [0.05, 0.1) is 0 Å². The van der Waals surface area contributed by atoms with Crippen LogP contribution in [0.3, 0.4) is 0 Å². The summed E-state index contributed by atoms with van der Waals surface area (Å²) in [6, 6.07) is 10.8. The maximum atomic E-state index is 5.49. The molecule has 15 heavy (non-hydrogen) atoms. The van der Waals surface area contributed by atoms with E-state index < -0.39 is 0 Å². The Labute approximate surface area is 87.3 Å². The fourth-order valence-corrected chi connectivity index (χ4v) is 1.38. The van der Waals surface area contributed by atoms with Crippen molar-refractivity contribution in [2.45, 2.75) is 18.9 Å². The van der Waals surface area contributed by atoms with Gasteiger partial charge in [0.25, 0.3) is 0 Å². The molecular formula is C11H11N3O. The van der Waals surface area contributed by atoms with E-state index >= 15 is 0 Å². The maximum Gasteiger partial charge on any atom is 0.315 e. The van der Waals surface area contributed by atoms with Crippen LogP contribution in [0.15, 0.2) is 34.7 Å². The summed E-state index contributed by atoms with van der Waals surface area (Å²) in [5, 5.41) is 11.1. The molecule has 76 valence electrons. The van der Waals surface area contributed by atoms with Crippen LogP contribution in [0.2, 0.25) is 0 Å². The average molecular weight is 201 g/mol. The maximum absolute atomic E-state index is 5.49. The number of hydrogen-bond donors (Lipinski definition) is 1. The smallest absolute Gasteiger partial charge is 0.315 e. The standard InChI is InChI=1S/C11H11N3O/c1-2-4-8(5-3-1)10-13-14-11(15-10)12-9-6-7-9/h1-5,9H,6-7H2,(H,12,14). The van der Waals surface area contributed by atoms with Gasteiger partial charge in [0.1, 0.15) is 0 Å². The van der Waals surface area contributed by atoms with Crippen molar-refractivity contribution < 1.29 is 4.42 Å². The first-order valence-corrected chi connectivity index (χ1v) is 5.07. The molecule has 1 fully saturated rings. The molecule has 0 spiro atoms. The van der Waals surface area contributed by atoms with Crippen LogP contribution in [0.25, 0.3) is 11.5 Å². The molecule has 1 aromatic carbocycles. The van der Waals surface area contributed by atoms with Crippen molar-refractivity contribution in [2.75, 3.05) is 5.32 Å². The molecule has 0 amide bonds. The fourth-order valence-electron chi connectivity index (χ4n) is 1.38. The molecule has 4 nitrogen and oxygen atoms in total. The Hall–Kier alpha value is -1.84. The molecule has 1 aliphatic rings. The number of benzene rings is 1. The molecule has 1 N–H and O–H groups in total.